The summed E-state index contributed by atoms with van der Waals surface area (Å²) in [5, 5.41) is 25.3. The van der Waals surface area contributed by atoms with Crippen molar-refractivity contribution in [3.05, 3.63) is 27.8 Å². The Morgan fingerprint density at radius 2 is 2.13 bits per heavy atom. The first kappa shape index (κ1) is 21.5. The number of rotatable bonds is 6. The number of carbonyl (C=O) groups is 2. The first-order chi connectivity index (χ1) is 14.2. The van der Waals surface area contributed by atoms with Crippen molar-refractivity contribution in [3.63, 3.8) is 0 Å². The van der Waals surface area contributed by atoms with Gasteiger partial charge in [0.25, 0.3) is 0 Å². The second-order valence-corrected chi connectivity index (χ2v) is 10.7. The SMILES string of the molecule is CC(C)[C@@H]1CC(c2csc(SC3=C(C(=O)O)N4C(=O)[C@H]([C@@H](C)O)[C@H]4[C@H]3C)n2)=CCN1. The van der Waals surface area contributed by atoms with Crippen molar-refractivity contribution in [1.29, 1.82) is 0 Å². The summed E-state index contributed by atoms with van der Waals surface area (Å²) < 4.78 is 0.773. The van der Waals surface area contributed by atoms with Gasteiger partial charge in [-0.1, -0.05) is 38.6 Å². The summed E-state index contributed by atoms with van der Waals surface area (Å²) in [6.07, 6.45) is 2.29. The monoisotopic (exact) mass is 449 g/mol. The number of hydrogen-bond donors (Lipinski definition) is 3. The lowest BCUT2D eigenvalue weighted by Crippen LogP contribution is -2.63. The molecule has 0 bridgehead atoms. The molecule has 1 fully saturated rings. The van der Waals surface area contributed by atoms with E-state index in [4.69, 9.17) is 4.98 Å². The maximum absolute atomic E-state index is 12.5. The van der Waals surface area contributed by atoms with E-state index in [1.807, 2.05) is 12.3 Å². The van der Waals surface area contributed by atoms with Crippen LogP contribution in [0, 0.1) is 17.8 Å². The Bertz CT molecular complexity index is 936. The quantitative estimate of drug-likeness (QED) is 0.574. The van der Waals surface area contributed by atoms with Gasteiger partial charge < -0.3 is 20.4 Å². The number of carbonyl (C=O) groups excluding carboxylic acids is 1. The van der Waals surface area contributed by atoms with E-state index < -0.39 is 18.0 Å². The molecule has 7 nitrogen and oxygen atoms in total. The maximum atomic E-state index is 12.5. The summed E-state index contributed by atoms with van der Waals surface area (Å²) in [6, 6.07) is 0.121. The average molecular weight is 450 g/mol. The van der Waals surface area contributed by atoms with E-state index in [0.717, 1.165) is 23.0 Å². The number of nitrogens with one attached hydrogen (secondary N) is 1. The van der Waals surface area contributed by atoms with Crippen LogP contribution in [0.2, 0.25) is 0 Å². The molecule has 1 aromatic rings. The summed E-state index contributed by atoms with van der Waals surface area (Å²) in [6.45, 7) is 8.74. The average Bonchev–Trinajstić information content (AvgIpc) is 3.24. The smallest absolute Gasteiger partial charge is 0.353 e. The number of fused-ring (bicyclic) bond motifs is 1. The summed E-state index contributed by atoms with van der Waals surface area (Å²) in [5.41, 5.74) is 2.20. The minimum Gasteiger partial charge on any atom is -0.477 e. The largest absolute Gasteiger partial charge is 0.477 e. The van der Waals surface area contributed by atoms with Crippen LogP contribution >= 0.6 is 23.1 Å². The molecule has 4 heterocycles. The minimum absolute atomic E-state index is 0.0390. The zero-order valence-corrected chi connectivity index (χ0v) is 19.1. The Morgan fingerprint density at radius 3 is 2.77 bits per heavy atom. The minimum atomic E-state index is -1.11. The lowest BCUT2D eigenvalue weighted by atomic mass is 9.79. The summed E-state index contributed by atoms with van der Waals surface area (Å²) in [7, 11) is 0. The Labute approximate surface area is 184 Å². The van der Waals surface area contributed by atoms with Gasteiger partial charge in [-0.15, -0.1) is 11.3 Å². The summed E-state index contributed by atoms with van der Waals surface area (Å²) in [4.78, 5) is 31.2. The van der Waals surface area contributed by atoms with E-state index in [2.05, 4.69) is 25.2 Å². The molecule has 3 aliphatic heterocycles. The third-order valence-electron chi connectivity index (χ3n) is 6.29. The van der Waals surface area contributed by atoms with Gasteiger partial charge in [0.1, 0.15) is 5.70 Å². The third kappa shape index (κ3) is 3.51. The van der Waals surface area contributed by atoms with Crippen LogP contribution in [0.4, 0.5) is 0 Å². The van der Waals surface area contributed by atoms with Gasteiger partial charge in [-0.05, 0) is 24.8 Å². The first-order valence-corrected chi connectivity index (χ1v) is 11.9. The molecule has 0 aliphatic carbocycles. The molecule has 4 rings (SSSR count). The summed E-state index contributed by atoms with van der Waals surface area (Å²) in [5.74, 6) is -1.59. The second kappa shape index (κ2) is 8.11. The number of thioether (sulfide) groups is 1. The zero-order valence-electron chi connectivity index (χ0n) is 17.5. The van der Waals surface area contributed by atoms with Crippen molar-refractivity contribution in [1.82, 2.24) is 15.2 Å². The van der Waals surface area contributed by atoms with Crippen LogP contribution in [0.1, 0.15) is 39.8 Å². The van der Waals surface area contributed by atoms with Gasteiger partial charge in [0, 0.05) is 28.8 Å². The Kier molecular flexibility index (Phi) is 5.82. The fourth-order valence-electron chi connectivity index (χ4n) is 4.61. The lowest BCUT2D eigenvalue weighted by molar-refractivity contribution is -0.163. The van der Waals surface area contributed by atoms with Crippen LogP contribution in [-0.2, 0) is 9.59 Å². The van der Waals surface area contributed by atoms with Crippen LogP contribution in [-0.4, -0.2) is 56.7 Å². The van der Waals surface area contributed by atoms with Gasteiger partial charge in [-0.25, -0.2) is 9.78 Å². The molecule has 0 saturated carbocycles. The molecule has 1 saturated heterocycles. The van der Waals surface area contributed by atoms with Crippen molar-refractivity contribution < 1.29 is 19.8 Å². The maximum Gasteiger partial charge on any atom is 0.353 e. The van der Waals surface area contributed by atoms with Crippen molar-refractivity contribution in [2.45, 2.75) is 56.6 Å². The van der Waals surface area contributed by atoms with E-state index in [1.54, 1.807) is 6.92 Å². The number of aliphatic hydroxyl groups excluding tert-OH is 1. The molecule has 5 atom stereocenters. The van der Waals surface area contributed by atoms with Crippen LogP contribution in [0.25, 0.3) is 5.57 Å². The molecule has 162 valence electrons. The summed E-state index contributed by atoms with van der Waals surface area (Å²) >= 11 is 2.84. The number of carboxylic acids is 1. The first-order valence-electron chi connectivity index (χ1n) is 10.3. The van der Waals surface area contributed by atoms with Crippen molar-refractivity contribution in [3.8, 4) is 0 Å². The molecule has 1 aromatic heterocycles. The zero-order chi connectivity index (χ0) is 21.7. The van der Waals surface area contributed by atoms with Gasteiger partial charge in [0.2, 0.25) is 5.91 Å². The number of aromatic nitrogens is 1. The van der Waals surface area contributed by atoms with E-state index in [1.165, 1.54) is 33.6 Å². The number of β-lactam (4-membered cyclic amide) rings is 1. The van der Waals surface area contributed by atoms with Gasteiger partial charge in [0.15, 0.2) is 4.34 Å². The number of amides is 1. The highest BCUT2D eigenvalue weighted by atomic mass is 32.2. The number of aliphatic hydroxyl groups is 1. The second-order valence-electron chi connectivity index (χ2n) is 8.56. The number of carboxylic acid groups (broad SMARTS) is 1. The molecular formula is C21H27N3O4S2. The highest BCUT2D eigenvalue weighted by Crippen LogP contribution is 2.52. The fourth-order valence-corrected chi connectivity index (χ4v) is 6.72. The number of thiazole rings is 1. The van der Waals surface area contributed by atoms with Crippen LogP contribution in [0.3, 0.4) is 0 Å². The van der Waals surface area contributed by atoms with Crippen molar-refractivity contribution in [2.24, 2.45) is 17.8 Å². The van der Waals surface area contributed by atoms with Gasteiger partial charge in [-0.3, -0.25) is 4.79 Å². The molecule has 3 aliphatic rings. The Morgan fingerprint density at radius 1 is 1.40 bits per heavy atom. The molecule has 0 radical (unpaired) electrons. The molecular weight excluding hydrogens is 422 g/mol. The van der Waals surface area contributed by atoms with Crippen molar-refractivity contribution >= 4 is 40.5 Å². The van der Waals surface area contributed by atoms with Crippen LogP contribution in [0.5, 0.6) is 0 Å². The van der Waals surface area contributed by atoms with Crippen molar-refractivity contribution in [2.75, 3.05) is 6.54 Å². The van der Waals surface area contributed by atoms with E-state index in [9.17, 15) is 19.8 Å². The highest BCUT2D eigenvalue weighted by Gasteiger charge is 2.60. The number of nitrogens with zero attached hydrogens (tertiary/aromatic N) is 2. The number of aliphatic carboxylic acids is 1. The van der Waals surface area contributed by atoms with Crippen LogP contribution in [0.15, 0.2) is 26.4 Å². The van der Waals surface area contributed by atoms with Gasteiger partial charge >= 0.3 is 5.97 Å². The Hall–Kier alpha value is -1.68. The molecule has 0 spiro atoms. The van der Waals surface area contributed by atoms with E-state index in [0.29, 0.717) is 16.9 Å². The van der Waals surface area contributed by atoms with Crippen LogP contribution < -0.4 is 5.32 Å². The Balaban J connectivity index is 1.57. The highest BCUT2D eigenvalue weighted by molar-refractivity contribution is 8.04. The van der Waals surface area contributed by atoms with Gasteiger partial charge in [0.05, 0.1) is 23.8 Å². The predicted molar refractivity (Wildman–Crippen MR) is 117 cm³/mol. The van der Waals surface area contributed by atoms with E-state index >= 15 is 0 Å². The molecule has 9 heteroatoms. The molecule has 1 amide bonds. The molecule has 0 unspecified atom stereocenters. The topological polar surface area (TPSA) is 103 Å². The standard InChI is InChI=1S/C21H27N3O4S2/c1-9(2)13-7-12(5-6-22-13)14-8-29-21(23-14)30-18-10(3)16-15(11(4)25)19(26)24(16)17(18)20(27)28/h5,8-11,13,15-16,22,25H,6-7H2,1-4H3,(H,27,28)/t10-,11-,13+,15-,16-/m1/s1. The molecule has 0 aromatic carbocycles. The third-order valence-corrected chi connectivity index (χ3v) is 8.52. The number of hydrogen-bond acceptors (Lipinski definition) is 7. The van der Waals surface area contributed by atoms with Gasteiger partial charge in [-0.2, -0.15) is 0 Å². The predicted octanol–water partition coefficient (Wildman–Crippen LogP) is 2.79. The molecule has 30 heavy (non-hydrogen) atoms. The van der Waals surface area contributed by atoms with E-state index in [-0.39, 0.29) is 23.6 Å². The normalized spacial score (nSPS) is 29.7. The lowest BCUT2D eigenvalue weighted by Gasteiger charge is -2.46. The fraction of sp³-hybridized carbons (Fsp3) is 0.571. The molecule has 3 N–H and O–H groups in total.